The van der Waals surface area contributed by atoms with Crippen molar-refractivity contribution in [1.82, 2.24) is 0 Å². The van der Waals surface area contributed by atoms with Gasteiger partial charge in [0.25, 0.3) is 5.91 Å². The van der Waals surface area contributed by atoms with Gasteiger partial charge in [0, 0.05) is 0 Å². The Morgan fingerprint density at radius 2 is 1.94 bits per heavy atom. The van der Waals surface area contributed by atoms with Gasteiger partial charge in [-0.1, -0.05) is 34.1 Å². The van der Waals surface area contributed by atoms with Crippen LogP contribution in [0.2, 0.25) is 0 Å². The lowest BCUT2D eigenvalue weighted by Crippen LogP contribution is -2.39. The number of anilines is 1. The number of hydrogen-bond donors (Lipinski definition) is 0. The molecule has 5 heteroatoms. The minimum Gasteiger partial charge on any atom is -0.443 e. The molecule has 1 atom stereocenters. The summed E-state index contributed by atoms with van der Waals surface area (Å²) in [5.41, 5.74) is 0.739. The van der Waals surface area contributed by atoms with Crippen LogP contribution in [0.3, 0.4) is 0 Å². The van der Waals surface area contributed by atoms with Crippen LogP contribution in [0.25, 0.3) is 0 Å². The fraction of sp³-hybridized carbons (Fsp3) is 0.385. The summed E-state index contributed by atoms with van der Waals surface area (Å²) in [4.78, 5) is 24.7. The normalized spacial score (nSPS) is 18.8. The number of ether oxygens (including phenoxy) is 1. The highest BCUT2D eigenvalue weighted by atomic mass is 79.9. The van der Waals surface area contributed by atoms with Gasteiger partial charge >= 0.3 is 6.09 Å². The Labute approximate surface area is 114 Å². The number of nitrogens with zero attached hydrogens (tertiary/aromatic N) is 1. The fourth-order valence-corrected chi connectivity index (χ4v) is 2.36. The van der Waals surface area contributed by atoms with E-state index in [1.54, 1.807) is 32.9 Å². The summed E-state index contributed by atoms with van der Waals surface area (Å²) in [6.45, 7) is 5.30. The summed E-state index contributed by atoms with van der Waals surface area (Å²) in [7, 11) is 0. The van der Waals surface area contributed by atoms with E-state index in [4.69, 9.17) is 4.74 Å². The molecule has 1 aromatic carbocycles. The smallest absolute Gasteiger partial charge is 0.421 e. The zero-order chi connectivity index (χ0) is 13.5. The van der Waals surface area contributed by atoms with Crippen LogP contribution in [0.5, 0.6) is 0 Å². The minimum absolute atomic E-state index is 0.314. The predicted octanol–water partition coefficient (Wildman–Crippen LogP) is 3.40. The highest BCUT2D eigenvalue weighted by Gasteiger charge is 2.41. The maximum Gasteiger partial charge on any atom is 0.421 e. The first-order valence-corrected chi connectivity index (χ1v) is 6.53. The molecule has 18 heavy (non-hydrogen) atoms. The number of fused-ring (bicyclic) bond motifs is 1. The molecule has 1 aliphatic heterocycles. The Morgan fingerprint density at radius 1 is 1.33 bits per heavy atom. The van der Waals surface area contributed by atoms with Gasteiger partial charge in [0.1, 0.15) is 10.4 Å². The van der Waals surface area contributed by atoms with Crippen LogP contribution in [0.4, 0.5) is 10.5 Å². The van der Waals surface area contributed by atoms with Gasteiger partial charge in [-0.2, -0.15) is 0 Å². The van der Waals surface area contributed by atoms with Crippen molar-refractivity contribution in [2.75, 3.05) is 4.90 Å². The van der Waals surface area contributed by atoms with Gasteiger partial charge < -0.3 is 4.74 Å². The fourth-order valence-electron chi connectivity index (χ4n) is 1.77. The molecule has 0 N–H and O–H groups in total. The molecule has 1 aliphatic rings. The largest absolute Gasteiger partial charge is 0.443 e. The third-order valence-electron chi connectivity index (χ3n) is 2.46. The molecule has 0 radical (unpaired) electrons. The molecule has 1 heterocycles. The van der Waals surface area contributed by atoms with E-state index in [9.17, 15) is 9.59 Å². The van der Waals surface area contributed by atoms with E-state index in [0.29, 0.717) is 5.69 Å². The second kappa shape index (κ2) is 4.39. The van der Waals surface area contributed by atoms with Crippen LogP contribution in [0, 0.1) is 0 Å². The molecule has 2 amide bonds. The number of alkyl halides is 1. The topological polar surface area (TPSA) is 46.6 Å². The van der Waals surface area contributed by atoms with E-state index in [1.165, 1.54) is 0 Å². The van der Waals surface area contributed by atoms with Crippen molar-refractivity contribution in [1.29, 1.82) is 0 Å². The average Bonchev–Trinajstić information content (AvgIpc) is 2.50. The van der Waals surface area contributed by atoms with Crippen molar-refractivity contribution < 1.29 is 14.3 Å². The van der Waals surface area contributed by atoms with Crippen LogP contribution < -0.4 is 4.90 Å². The number of hydrogen-bond acceptors (Lipinski definition) is 3. The molecule has 0 bridgehead atoms. The van der Waals surface area contributed by atoms with Crippen LogP contribution in [-0.4, -0.2) is 17.6 Å². The molecule has 0 fully saturated rings. The Hall–Kier alpha value is -1.36. The first kappa shape index (κ1) is 13.1. The number of carbonyl (C=O) groups excluding carboxylic acids is 2. The third-order valence-corrected chi connectivity index (χ3v) is 3.35. The monoisotopic (exact) mass is 311 g/mol. The number of carbonyl (C=O) groups is 2. The minimum atomic E-state index is -0.637. The third kappa shape index (κ3) is 2.27. The maximum absolute atomic E-state index is 12.1. The van der Waals surface area contributed by atoms with E-state index in [-0.39, 0.29) is 5.91 Å². The van der Waals surface area contributed by atoms with Crippen molar-refractivity contribution in [3.8, 4) is 0 Å². The molecular weight excluding hydrogens is 298 g/mol. The Kier molecular flexibility index (Phi) is 3.19. The SMILES string of the molecule is CC(C)(C)OC(=O)N1C(=O)C(Br)c2ccccc21. The first-order chi connectivity index (χ1) is 8.31. The van der Waals surface area contributed by atoms with Crippen molar-refractivity contribution in [2.24, 2.45) is 0 Å². The molecule has 0 aromatic heterocycles. The van der Waals surface area contributed by atoms with E-state index in [1.807, 2.05) is 12.1 Å². The van der Waals surface area contributed by atoms with Gasteiger partial charge in [0.15, 0.2) is 0 Å². The molecule has 1 unspecified atom stereocenters. The lowest BCUT2D eigenvalue weighted by Gasteiger charge is -2.23. The van der Waals surface area contributed by atoms with Crippen molar-refractivity contribution in [3.63, 3.8) is 0 Å². The number of rotatable bonds is 0. The lowest BCUT2D eigenvalue weighted by atomic mass is 10.2. The summed E-state index contributed by atoms with van der Waals surface area (Å²) in [5.74, 6) is -0.314. The number of para-hydroxylation sites is 1. The molecular formula is C13H14BrNO3. The molecule has 2 rings (SSSR count). The van der Waals surface area contributed by atoms with E-state index in [0.717, 1.165) is 10.5 Å². The summed E-state index contributed by atoms with van der Waals surface area (Å²) in [6, 6.07) is 7.17. The Morgan fingerprint density at radius 3 is 2.56 bits per heavy atom. The van der Waals surface area contributed by atoms with Crippen LogP contribution in [0.15, 0.2) is 24.3 Å². The van der Waals surface area contributed by atoms with Gasteiger partial charge in [-0.15, -0.1) is 0 Å². The quantitative estimate of drug-likeness (QED) is 0.690. The van der Waals surface area contributed by atoms with Crippen LogP contribution in [-0.2, 0) is 9.53 Å². The van der Waals surface area contributed by atoms with Crippen molar-refractivity contribution >= 4 is 33.6 Å². The average molecular weight is 312 g/mol. The van der Waals surface area contributed by atoms with Gasteiger partial charge in [-0.3, -0.25) is 4.79 Å². The summed E-state index contributed by atoms with van der Waals surface area (Å²) in [6.07, 6.45) is -0.637. The van der Waals surface area contributed by atoms with E-state index in [2.05, 4.69) is 15.9 Å². The number of halogens is 1. The maximum atomic E-state index is 12.1. The van der Waals surface area contributed by atoms with Crippen LogP contribution >= 0.6 is 15.9 Å². The molecule has 4 nitrogen and oxygen atoms in total. The lowest BCUT2D eigenvalue weighted by molar-refractivity contribution is -0.117. The standard InChI is InChI=1S/C13H14BrNO3/c1-13(2,3)18-12(17)15-9-7-5-4-6-8(9)10(14)11(15)16/h4-7,10H,1-3H3. The van der Waals surface area contributed by atoms with Gasteiger partial charge in [-0.25, -0.2) is 9.69 Å². The second-order valence-electron chi connectivity index (χ2n) is 5.08. The summed E-state index contributed by atoms with van der Waals surface area (Å²) < 4.78 is 5.24. The van der Waals surface area contributed by atoms with E-state index >= 15 is 0 Å². The second-order valence-corrected chi connectivity index (χ2v) is 5.99. The van der Waals surface area contributed by atoms with Gasteiger partial charge in [-0.05, 0) is 32.4 Å². The molecule has 0 saturated heterocycles. The molecule has 0 aliphatic carbocycles. The predicted molar refractivity (Wildman–Crippen MR) is 71.8 cm³/mol. The zero-order valence-corrected chi connectivity index (χ0v) is 12.0. The Bertz CT molecular complexity index is 507. The highest BCUT2D eigenvalue weighted by Crippen LogP contribution is 2.41. The van der Waals surface area contributed by atoms with Crippen molar-refractivity contribution in [3.05, 3.63) is 29.8 Å². The Balaban J connectivity index is 2.35. The number of benzene rings is 1. The van der Waals surface area contributed by atoms with E-state index < -0.39 is 16.5 Å². The highest BCUT2D eigenvalue weighted by molar-refractivity contribution is 9.09. The first-order valence-electron chi connectivity index (χ1n) is 5.61. The molecule has 0 spiro atoms. The molecule has 1 aromatic rings. The van der Waals surface area contributed by atoms with Gasteiger partial charge in [0.05, 0.1) is 5.69 Å². The number of amides is 2. The summed E-state index contributed by atoms with van der Waals surface area (Å²) >= 11 is 3.29. The zero-order valence-electron chi connectivity index (χ0n) is 10.4. The summed E-state index contributed by atoms with van der Waals surface area (Å²) in [5, 5.41) is 0. The molecule has 0 saturated carbocycles. The van der Waals surface area contributed by atoms with Crippen LogP contribution in [0.1, 0.15) is 31.2 Å². The molecule has 96 valence electrons. The van der Waals surface area contributed by atoms with Crippen molar-refractivity contribution in [2.45, 2.75) is 31.2 Å². The number of imide groups is 1. The van der Waals surface area contributed by atoms with Gasteiger partial charge in [0.2, 0.25) is 0 Å².